The van der Waals surface area contributed by atoms with Gasteiger partial charge in [0.2, 0.25) is 0 Å². The minimum atomic E-state index is -0.658. The fourth-order valence-corrected chi connectivity index (χ4v) is 3.12. The second-order valence-electron chi connectivity index (χ2n) is 7.86. The van der Waals surface area contributed by atoms with E-state index in [-0.39, 0.29) is 23.2 Å². The lowest BCUT2D eigenvalue weighted by Gasteiger charge is -2.19. The molecule has 0 saturated carbocycles. The number of nitro benzene ring substituents is 1. The van der Waals surface area contributed by atoms with Crippen LogP contribution in [0.1, 0.15) is 31.9 Å². The summed E-state index contributed by atoms with van der Waals surface area (Å²) in [4.78, 5) is 10.8. The first-order valence-electron chi connectivity index (χ1n) is 9.07. The second-order valence-corrected chi connectivity index (χ2v) is 7.86. The van der Waals surface area contributed by atoms with Gasteiger partial charge in [0, 0.05) is 54.3 Å². The van der Waals surface area contributed by atoms with Crippen LogP contribution in [0.3, 0.4) is 0 Å². The van der Waals surface area contributed by atoms with Gasteiger partial charge in [0.1, 0.15) is 11.6 Å². The fourth-order valence-electron chi connectivity index (χ4n) is 3.12. The minimum Gasteiger partial charge on any atom is -0.380 e. The third-order valence-corrected chi connectivity index (χ3v) is 4.62. The molecular weight excluding hydrogens is 378 g/mol. The number of anilines is 1. The molecule has 6 nitrogen and oxygen atoms in total. The maximum absolute atomic E-state index is 14.0. The minimum absolute atomic E-state index is 0.0897. The Morgan fingerprint density at radius 2 is 1.83 bits per heavy atom. The van der Waals surface area contributed by atoms with Crippen molar-refractivity contribution in [1.82, 2.24) is 9.78 Å². The van der Waals surface area contributed by atoms with Crippen molar-refractivity contribution in [3.63, 3.8) is 0 Å². The van der Waals surface area contributed by atoms with Crippen molar-refractivity contribution < 1.29 is 13.7 Å². The standard InChI is InChI=1S/C21H22F2N4O2/c1-21(2,3)16-12-26(4)25-20(16)14-10-13(27(28)29)8-9-19(14)24-11-15-17(22)6-5-7-18(15)23/h5-10,12,24H,11H2,1-4H3. The molecule has 0 saturated heterocycles. The monoisotopic (exact) mass is 400 g/mol. The number of nitro groups is 1. The van der Waals surface area contributed by atoms with Crippen LogP contribution in [0.4, 0.5) is 20.2 Å². The molecule has 1 aromatic heterocycles. The van der Waals surface area contributed by atoms with Gasteiger partial charge in [-0.15, -0.1) is 0 Å². The van der Waals surface area contributed by atoms with Crippen LogP contribution in [0, 0.1) is 21.7 Å². The maximum Gasteiger partial charge on any atom is 0.270 e. The summed E-state index contributed by atoms with van der Waals surface area (Å²) in [6.07, 6.45) is 1.87. The van der Waals surface area contributed by atoms with E-state index in [1.807, 2.05) is 27.0 Å². The molecule has 0 unspecified atom stereocenters. The van der Waals surface area contributed by atoms with Gasteiger partial charge in [-0.25, -0.2) is 8.78 Å². The summed E-state index contributed by atoms with van der Waals surface area (Å²) in [5.41, 5.74) is 2.04. The molecule has 0 radical (unpaired) electrons. The number of non-ortho nitro benzene ring substituents is 1. The van der Waals surface area contributed by atoms with Crippen molar-refractivity contribution in [1.29, 1.82) is 0 Å². The number of benzene rings is 2. The van der Waals surface area contributed by atoms with Crippen LogP contribution in [0.25, 0.3) is 11.3 Å². The van der Waals surface area contributed by atoms with E-state index in [1.54, 1.807) is 11.7 Å². The van der Waals surface area contributed by atoms with Crippen molar-refractivity contribution in [3.8, 4) is 11.3 Å². The summed E-state index contributed by atoms with van der Waals surface area (Å²) in [5.74, 6) is -1.32. The zero-order valence-corrected chi connectivity index (χ0v) is 16.7. The molecule has 0 spiro atoms. The Morgan fingerprint density at radius 3 is 2.41 bits per heavy atom. The smallest absolute Gasteiger partial charge is 0.270 e. The van der Waals surface area contributed by atoms with Crippen molar-refractivity contribution >= 4 is 11.4 Å². The lowest BCUT2D eigenvalue weighted by molar-refractivity contribution is -0.384. The molecule has 0 fully saturated rings. The molecule has 1 heterocycles. The molecule has 3 rings (SSSR count). The Balaban J connectivity index is 2.09. The Labute approximate surface area is 167 Å². The van der Waals surface area contributed by atoms with E-state index in [9.17, 15) is 18.9 Å². The highest BCUT2D eigenvalue weighted by Crippen LogP contribution is 2.37. The molecule has 29 heavy (non-hydrogen) atoms. The second kappa shape index (κ2) is 7.62. The highest BCUT2D eigenvalue weighted by Gasteiger charge is 2.25. The number of aromatic nitrogens is 2. The van der Waals surface area contributed by atoms with Crippen molar-refractivity contribution in [2.75, 3.05) is 5.32 Å². The van der Waals surface area contributed by atoms with E-state index in [2.05, 4.69) is 10.4 Å². The van der Waals surface area contributed by atoms with Gasteiger partial charge in [-0.3, -0.25) is 14.8 Å². The van der Waals surface area contributed by atoms with E-state index >= 15 is 0 Å². The molecule has 0 atom stereocenters. The van der Waals surface area contributed by atoms with E-state index < -0.39 is 16.6 Å². The fraction of sp³-hybridized carbons (Fsp3) is 0.286. The predicted octanol–water partition coefficient (Wildman–Crippen LogP) is 5.18. The first-order valence-corrected chi connectivity index (χ1v) is 9.07. The molecule has 8 heteroatoms. The number of hydrogen-bond acceptors (Lipinski definition) is 4. The number of nitrogens with one attached hydrogen (secondary N) is 1. The van der Waals surface area contributed by atoms with Gasteiger partial charge in [-0.05, 0) is 23.6 Å². The number of aryl methyl sites for hydroxylation is 1. The molecule has 0 amide bonds. The van der Waals surface area contributed by atoms with E-state index in [1.165, 1.54) is 36.4 Å². The van der Waals surface area contributed by atoms with E-state index in [0.29, 0.717) is 16.9 Å². The number of hydrogen-bond donors (Lipinski definition) is 1. The quantitative estimate of drug-likeness (QED) is 0.473. The molecule has 152 valence electrons. The molecule has 0 aliphatic heterocycles. The number of rotatable bonds is 5. The summed E-state index contributed by atoms with van der Waals surface area (Å²) >= 11 is 0. The Bertz CT molecular complexity index is 1050. The van der Waals surface area contributed by atoms with Gasteiger partial charge in [0.15, 0.2) is 0 Å². The summed E-state index contributed by atoms with van der Waals surface area (Å²) < 4.78 is 29.6. The van der Waals surface area contributed by atoms with E-state index in [4.69, 9.17) is 0 Å². The maximum atomic E-state index is 14.0. The van der Waals surface area contributed by atoms with Crippen LogP contribution in [-0.4, -0.2) is 14.7 Å². The van der Waals surface area contributed by atoms with Crippen molar-refractivity contribution in [2.24, 2.45) is 7.05 Å². The normalized spacial score (nSPS) is 11.5. The molecule has 0 aliphatic rings. The van der Waals surface area contributed by atoms with Crippen LogP contribution in [0.2, 0.25) is 0 Å². The van der Waals surface area contributed by atoms with Gasteiger partial charge in [0.05, 0.1) is 10.6 Å². The molecule has 0 bridgehead atoms. The first-order chi connectivity index (χ1) is 13.6. The highest BCUT2D eigenvalue weighted by atomic mass is 19.1. The van der Waals surface area contributed by atoms with Gasteiger partial charge >= 0.3 is 0 Å². The van der Waals surface area contributed by atoms with Gasteiger partial charge < -0.3 is 5.32 Å². The molecule has 2 aromatic carbocycles. The largest absolute Gasteiger partial charge is 0.380 e. The lowest BCUT2D eigenvalue weighted by atomic mass is 9.85. The average molecular weight is 400 g/mol. The Morgan fingerprint density at radius 1 is 1.17 bits per heavy atom. The Kier molecular flexibility index (Phi) is 5.37. The highest BCUT2D eigenvalue weighted by molar-refractivity contribution is 5.80. The van der Waals surface area contributed by atoms with Gasteiger partial charge in [-0.2, -0.15) is 5.10 Å². The van der Waals surface area contributed by atoms with E-state index in [0.717, 1.165) is 5.56 Å². The van der Waals surface area contributed by atoms with Crippen LogP contribution >= 0.6 is 0 Å². The first kappa shape index (κ1) is 20.4. The third-order valence-electron chi connectivity index (χ3n) is 4.62. The summed E-state index contributed by atoms with van der Waals surface area (Å²) in [5, 5.41) is 18.8. The number of halogens is 2. The van der Waals surface area contributed by atoms with Crippen LogP contribution in [0.15, 0.2) is 42.6 Å². The van der Waals surface area contributed by atoms with Crippen molar-refractivity contribution in [2.45, 2.75) is 32.7 Å². The molecule has 1 N–H and O–H groups in total. The zero-order valence-electron chi connectivity index (χ0n) is 16.7. The average Bonchev–Trinajstić information content (AvgIpc) is 3.03. The van der Waals surface area contributed by atoms with Gasteiger partial charge in [-0.1, -0.05) is 26.8 Å². The lowest BCUT2D eigenvalue weighted by Crippen LogP contribution is -2.12. The zero-order chi connectivity index (χ0) is 21.3. The van der Waals surface area contributed by atoms with Crippen molar-refractivity contribution in [3.05, 3.63) is 75.5 Å². The SMILES string of the molecule is Cn1cc(C(C)(C)C)c(-c2cc([N+](=O)[O-])ccc2NCc2c(F)cccc2F)n1. The third kappa shape index (κ3) is 4.26. The molecule has 0 aliphatic carbocycles. The predicted molar refractivity (Wildman–Crippen MR) is 108 cm³/mol. The number of nitrogens with zero attached hydrogens (tertiary/aromatic N) is 3. The Hall–Kier alpha value is -3.29. The molecular formula is C21H22F2N4O2. The molecule has 3 aromatic rings. The van der Waals surface area contributed by atoms with Crippen LogP contribution < -0.4 is 5.32 Å². The summed E-state index contributed by atoms with van der Waals surface area (Å²) in [6.45, 7) is 5.95. The summed E-state index contributed by atoms with van der Waals surface area (Å²) in [7, 11) is 1.78. The van der Waals surface area contributed by atoms with Crippen LogP contribution in [0.5, 0.6) is 0 Å². The summed E-state index contributed by atoms with van der Waals surface area (Å²) in [6, 6.07) is 7.99. The van der Waals surface area contributed by atoms with Gasteiger partial charge in [0.25, 0.3) is 5.69 Å². The topological polar surface area (TPSA) is 73.0 Å². The van der Waals surface area contributed by atoms with Crippen LogP contribution in [-0.2, 0) is 19.0 Å².